The highest BCUT2D eigenvalue weighted by atomic mass is 32.1. The van der Waals surface area contributed by atoms with Crippen LogP contribution in [0.5, 0.6) is 0 Å². The third kappa shape index (κ3) is 3.10. The summed E-state index contributed by atoms with van der Waals surface area (Å²) in [5.74, 6) is 0.837. The standard InChI is InChI=1S/C19H22N2O2S/c1-12(22)8-13-2-3-17-15(9-13)10-18(24-17)19(23)20-16-11-21-6-4-14(16)5-7-21/h2-3,9-10,14,16H,4-8,11H2,1H3,(H,20,23). The second kappa shape index (κ2) is 6.30. The third-order valence-corrected chi connectivity index (χ3v) is 6.35. The van der Waals surface area contributed by atoms with E-state index >= 15 is 0 Å². The number of benzene rings is 1. The van der Waals surface area contributed by atoms with E-state index in [1.165, 1.54) is 37.3 Å². The number of rotatable bonds is 4. The van der Waals surface area contributed by atoms with Crippen molar-refractivity contribution in [2.75, 3.05) is 19.6 Å². The van der Waals surface area contributed by atoms with Crippen molar-refractivity contribution in [3.05, 3.63) is 34.7 Å². The van der Waals surface area contributed by atoms with Gasteiger partial charge < -0.3 is 10.2 Å². The minimum absolute atomic E-state index is 0.0445. The number of hydrogen-bond donors (Lipinski definition) is 1. The SMILES string of the molecule is CC(=O)Cc1ccc2sc(C(=O)NC3CN4CCC3CC4)cc2c1. The van der Waals surface area contributed by atoms with Crippen LogP contribution in [0.1, 0.15) is 35.0 Å². The number of nitrogens with zero attached hydrogens (tertiary/aromatic N) is 1. The van der Waals surface area contributed by atoms with Gasteiger partial charge in [0.2, 0.25) is 0 Å². The average molecular weight is 342 g/mol. The Morgan fingerprint density at radius 3 is 2.71 bits per heavy atom. The summed E-state index contributed by atoms with van der Waals surface area (Å²) in [6.45, 7) is 4.95. The molecule has 0 saturated carbocycles. The first-order chi connectivity index (χ1) is 11.6. The fourth-order valence-corrected chi connectivity index (χ4v) is 4.92. The van der Waals surface area contributed by atoms with Gasteiger partial charge in [0.05, 0.1) is 4.88 Å². The van der Waals surface area contributed by atoms with Crippen molar-refractivity contribution >= 4 is 33.1 Å². The summed E-state index contributed by atoms with van der Waals surface area (Å²) in [6.07, 6.45) is 2.85. The molecule has 4 heterocycles. The Hall–Kier alpha value is -1.72. The highest BCUT2D eigenvalue weighted by Crippen LogP contribution is 2.30. The lowest BCUT2D eigenvalue weighted by Gasteiger charge is -2.44. The zero-order valence-electron chi connectivity index (χ0n) is 13.9. The van der Waals surface area contributed by atoms with Crippen molar-refractivity contribution in [2.45, 2.75) is 32.2 Å². The summed E-state index contributed by atoms with van der Waals surface area (Å²) in [4.78, 5) is 27.1. The molecule has 5 rings (SSSR count). The van der Waals surface area contributed by atoms with Crippen molar-refractivity contribution in [1.82, 2.24) is 10.2 Å². The summed E-state index contributed by atoms with van der Waals surface area (Å²) in [7, 11) is 0. The third-order valence-electron chi connectivity index (χ3n) is 5.23. The molecule has 3 fully saturated rings. The van der Waals surface area contributed by atoms with Crippen LogP contribution in [0.4, 0.5) is 0 Å². The molecule has 2 aromatic rings. The monoisotopic (exact) mass is 342 g/mol. The van der Waals surface area contributed by atoms with Crippen LogP contribution in [-0.2, 0) is 11.2 Å². The van der Waals surface area contributed by atoms with Crippen LogP contribution in [0.3, 0.4) is 0 Å². The maximum atomic E-state index is 12.6. The summed E-state index contributed by atoms with van der Waals surface area (Å²) in [6, 6.07) is 8.27. The molecule has 3 aliphatic rings. The molecule has 24 heavy (non-hydrogen) atoms. The number of amides is 1. The van der Waals surface area contributed by atoms with E-state index in [2.05, 4.69) is 10.2 Å². The van der Waals surface area contributed by atoms with Crippen molar-refractivity contribution in [3.8, 4) is 0 Å². The second-order valence-corrected chi connectivity index (χ2v) is 8.16. The van der Waals surface area contributed by atoms with Crippen molar-refractivity contribution in [1.29, 1.82) is 0 Å². The summed E-state index contributed by atoms with van der Waals surface area (Å²) in [5.41, 5.74) is 1.01. The van der Waals surface area contributed by atoms with E-state index in [-0.39, 0.29) is 11.7 Å². The Balaban J connectivity index is 1.50. The van der Waals surface area contributed by atoms with Gasteiger partial charge in [0.15, 0.2) is 0 Å². The molecule has 0 aliphatic carbocycles. The van der Waals surface area contributed by atoms with Gasteiger partial charge in [-0.3, -0.25) is 9.59 Å². The molecule has 5 heteroatoms. The van der Waals surface area contributed by atoms with Crippen LogP contribution in [0.25, 0.3) is 10.1 Å². The minimum atomic E-state index is 0.0445. The smallest absolute Gasteiger partial charge is 0.261 e. The molecule has 1 unspecified atom stereocenters. The van der Waals surface area contributed by atoms with Gasteiger partial charge in [-0.15, -0.1) is 11.3 Å². The lowest BCUT2D eigenvalue weighted by molar-refractivity contribution is -0.116. The Kier molecular flexibility index (Phi) is 4.14. The van der Waals surface area contributed by atoms with Crippen LogP contribution >= 0.6 is 11.3 Å². The number of carbonyl (C=O) groups is 2. The van der Waals surface area contributed by atoms with Gasteiger partial charge >= 0.3 is 0 Å². The quantitative estimate of drug-likeness (QED) is 0.929. The number of thiophene rings is 1. The molecule has 0 spiro atoms. The first-order valence-electron chi connectivity index (χ1n) is 8.63. The van der Waals surface area contributed by atoms with Crippen LogP contribution in [0.15, 0.2) is 24.3 Å². The van der Waals surface area contributed by atoms with E-state index in [4.69, 9.17) is 0 Å². The van der Waals surface area contributed by atoms with Crippen LogP contribution in [0.2, 0.25) is 0 Å². The number of fused-ring (bicyclic) bond motifs is 4. The number of Topliss-reactive ketones (excluding diaryl/α,β-unsaturated/α-hetero) is 1. The molecule has 2 bridgehead atoms. The maximum Gasteiger partial charge on any atom is 0.261 e. The van der Waals surface area contributed by atoms with E-state index < -0.39 is 0 Å². The molecule has 3 aliphatic heterocycles. The van der Waals surface area contributed by atoms with Gasteiger partial charge in [-0.1, -0.05) is 6.07 Å². The second-order valence-electron chi connectivity index (χ2n) is 7.08. The number of ketones is 1. The molecule has 3 saturated heterocycles. The zero-order chi connectivity index (χ0) is 16.7. The van der Waals surface area contributed by atoms with Crippen LogP contribution < -0.4 is 5.32 Å². The molecule has 1 aromatic carbocycles. The molecule has 1 N–H and O–H groups in total. The van der Waals surface area contributed by atoms with Gasteiger partial charge in [0.25, 0.3) is 5.91 Å². The molecule has 1 amide bonds. The van der Waals surface area contributed by atoms with Crippen LogP contribution in [-0.4, -0.2) is 42.3 Å². The molecular formula is C19H22N2O2S. The number of piperidine rings is 3. The molecule has 0 radical (unpaired) electrons. The summed E-state index contributed by atoms with van der Waals surface area (Å²) in [5, 5.41) is 4.30. The Morgan fingerprint density at radius 2 is 2.04 bits per heavy atom. The number of nitrogens with one attached hydrogen (secondary N) is 1. The van der Waals surface area contributed by atoms with Gasteiger partial charge in [0.1, 0.15) is 5.78 Å². The van der Waals surface area contributed by atoms with E-state index in [1.54, 1.807) is 6.92 Å². The first-order valence-corrected chi connectivity index (χ1v) is 9.45. The maximum absolute atomic E-state index is 12.6. The van der Waals surface area contributed by atoms with Crippen LogP contribution in [0, 0.1) is 5.92 Å². The Morgan fingerprint density at radius 1 is 1.25 bits per heavy atom. The van der Waals surface area contributed by atoms with Gasteiger partial charge in [-0.25, -0.2) is 0 Å². The predicted molar refractivity (Wildman–Crippen MR) is 96.6 cm³/mol. The lowest BCUT2D eigenvalue weighted by Crippen LogP contribution is -2.57. The fraction of sp³-hybridized carbons (Fsp3) is 0.474. The molecule has 1 aromatic heterocycles. The summed E-state index contributed by atoms with van der Waals surface area (Å²) >= 11 is 1.53. The minimum Gasteiger partial charge on any atom is -0.347 e. The Labute approximate surface area is 145 Å². The summed E-state index contributed by atoms with van der Waals surface area (Å²) < 4.78 is 1.10. The molecule has 126 valence electrons. The number of hydrogen-bond acceptors (Lipinski definition) is 4. The van der Waals surface area contributed by atoms with Crippen molar-refractivity contribution in [3.63, 3.8) is 0 Å². The highest BCUT2D eigenvalue weighted by molar-refractivity contribution is 7.20. The van der Waals surface area contributed by atoms with E-state index in [1.807, 2.05) is 24.3 Å². The van der Waals surface area contributed by atoms with Crippen molar-refractivity contribution in [2.24, 2.45) is 5.92 Å². The molecule has 4 nitrogen and oxygen atoms in total. The average Bonchev–Trinajstić information content (AvgIpc) is 2.99. The normalized spacial score (nSPS) is 25.8. The van der Waals surface area contributed by atoms with E-state index in [0.717, 1.165) is 27.1 Å². The molecule has 1 atom stereocenters. The van der Waals surface area contributed by atoms with Gasteiger partial charge in [0, 0.05) is 23.7 Å². The molecular weight excluding hydrogens is 320 g/mol. The van der Waals surface area contributed by atoms with Gasteiger partial charge in [-0.05, 0) is 67.9 Å². The first kappa shape index (κ1) is 15.8. The topological polar surface area (TPSA) is 49.4 Å². The largest absolute Gasteiger partial charge is 0.347 e. The van der Waals surface area contributed by atoms with E-state index in [9.17, 15) is 9.59 Å². The zero-order valence-corrected chi connectivity index (χ0v) is 14.7. The van der Waals surface area contributed by atoms with Gasteiger partial charge in [-0.2, -0.15) is 0 Å². The predicted octanol–water partition coefficient (Wildman–Crippen LogP) is 2.86. The lowest BCUT2D eigenvalue weighted by atomic mass is 9.84. The fourth-order valence-electron chi connectivity index (χ4n) is 3.97. The number of carbonyl (C=O) groups excluding carboxylic acids is 2. The van der Waals surface area contributed by atoms with E-state index in [0.29, 0.717) is 18.4 Å². The Bertz CT molecular complexity index is 790. The van der Waals surface area contributed by atoms with Crippen molar-refractivity contribution < 1.29 is 9.59 Å². The highest BCUT2D eigenvalue weighted by Gasteiger charge is 2.35.